The Morgan fingerprint density at radius 2 is 1.82 bits per heavy atom. The van der Waals surface area contributed by atoms with Gasteiger partial charge in [0.2, 0.25) is 0 Å². The number of benzene rings is 1. The van der Waals surface area contributed by atoms with Crippen molar-refractivity contribution in [3.8, 4) is 5.75 Å². The molecule has 3 aliphatic rings. The summed E-state index contributed by atoms with van der Waals surface area (Å²) in [7, 11) is 4.72. The zero-order valence-electron chi connectivity index (χ0n) is 20.8. The molecule has 188 valence electrons. The highest BCUT2D eigenvalue weighted by atomic mass is 16.7. The van der Waals surface area contributed by atoms with Gasteiger partial charge in [-0.2, -0.15) is 0 Å². The van der Waals surface area contributed by atoms with Crippen LogP contribution in [0.15, 0.2) is 35.9 Å². The summed E-state index contributed by atoms with van der Waals surface area (Å²) in [6.07, 6.45) is -0.352. The van der Waals surface area contributed by atoms with Crippen LogP contribution >= 0.6 is 0 Å². The van der Waals surface area contributed by atoms with Gasteiger partial charge in [-0.25, -0.2) is 0 Å². The Morgan fingerprint density at radius 3 is 2.41 bits per heavy atom. The number of hydrogen-bond acceptors (Lipinski definition) is 8. The van der Waals surface area contributed by atoms with Crippen molar-refractivity contribution in [2.24, 2.45) is 17.3 Å². The van der Waals surface area contributed by atoms with Crippen LogP contribution in [-0.2, 0) is 35.1 Å². The molecule has 1 saturated carbocycles. The maximum Gasteiger partial charge on any atom is 0.312 e. The summed E-state index contributed by atoms with van der Waals surface area (Å²) in [5.41, 5.74) is 0.216. The van der Waals surface area contributed by atoms with Gasteiger partial charge in [0, 0.05) is 25.6 Å². The second-order valence-corrected chi connectivity index (χ2v) is 10.1. The Labute approximate surface area is 201 Å². The van der Waals surface area contributed by atoms with E-state index < -0.39 is 41.3 Å². The molecule has 1 aromatic carbocycles. The van der Waals surface area contributed by atoms with Crippen LogP contribution in [0.4, 0.5) is 0 Å². The number of rotatable bonds is 8. The van der Waals surface area contributed by atoms with E-state index in [0.717, 1.165) is 17.7 Å². The van der Waals surface area contributed by atoms with Gasteiger partial charge >= 0.3 is 5.97 Å². The Balaban J connectivity index is 1.73. The number of hydrogen-bond donors (Lipinski definition) is 1. The van der Waals surface area contributed by atoms with Gasteiger partial charge in [-0.1, -0.05) is 32.1 Å². The minimum atomic E-state index is -0.995. The van der Waals surface area contributed by atoms with Crippen LogP contribution < -0.4 is 4.74 Å². The van der Waals surface area contributed by atoms with E-state index in [1.807, 2.05) is 37.3 Å². The first kappa shape index (κ1) is 25.1. The largest absolute Gasteiger partial charge is 0.497 e. The van der Waals surface area contributed by atoms with Crippen LogP contribution in [0, 0.1) is 17.3 Å². The fraction of sp³-hybridized carbons (Fsp3) is 0.654. The molecule has 0 radical (unpaired) electrons. The van der Waals surface area contributed by atoms with Gasteiger partial charge in [-0.05, 0) is 36.6 Å². The first-order chi connectivity index (χ1) is 16.2. The van der Waals surface area contributed by atoms with E-state index >= 15 is 0 Å². The molecule has 0 unspecified atom stereocenters. The van der Waals surface area contributed by atoms with Crippen LogP contribution in [0.2, 0.25) is 0 Å². The minimum Gasteiger partial charge on any atom is -0.497 e. The molecule has 4 rings (SSSR count). The van der Waals surface area contributed by atoms with Crippen molar-refractivity contribution in [2.45, 2.75) is 63.8 Å². The van der Waals surface area contributed by atoms with E-state index in [4.69, 9.17) is 28.4 Å². The molecular formula is C26H36O8. The molecular weight excluding hydrogens is 440 g/mol. The normalized spacial score (nSPS) is 37.9. The first-order valence-electron chi connectivity index (χ1n) is 11.7. The van der Waals surface area contributed by atoms with Gasteiger partial charge in [0.15, 0.2) is 0 Å². The molecule has 1 N–H and O–H groups in total. The lowest BCUT2D eigenvalue weighted by Gasteiger charge is -2.60. The number of esters is 1. The molecule has 2 aliphatic carbocycles. The quantitative estimate of drug-likeness (QED) is 0.348. The summed E-state index contributed by atoms with van der Waals surface area (Å²) in [5, 5.41) is 11.5. The van der Waals surface area contributed by atoms with Gasteiger partial charge in [0.25, 0.3) is 0 Å². The fourth-order valence-corrected chi connectivity index (χ4v) is 6.06. The average Bonchev–Trinajstić information content (AvgIpc) is 3.07. The lowest BCUT2D eigenvalue weighted by atomic mass is 9.47. The summed E-state index contributed by atoms with van der Waals surface area (Å²) < 4.78 is 34.7. The zero-order valence-corrected chi connectivity index (χ0v) is 20.8. The third-order valence-corrected chi connectivity index (χ3v) is 7.83. The van der Waals surface area contributed by atoms with Crippen molar-refractivity contribution in [1.29, 1.82) is 0 Å². The molecule has 0 spiro atoms. The SMILES string of the molecule is COCO[C@H]1[C@@H]2C(=O)O[C@@]3([C@H]2CC3(C)C)[C@@H](OCc2ccc(OC)cc2)[C@H](O)/C(C)=C/[C@@H]1OC. The Kier molecular flexibility index (Phi) is 7.09. The third kappa shape index (κ3) is 3.95. The number of carbonyl (C=O) groups is 1. The van der Waals surface area contributed by atoms with Gasteiger partial charge in [-0.15, -0.1) is 0 Å². The van der Waals surface area contributed by atoms with Crippen molar-refractivity contribution in [3.05, 3.63) is 41.5 Å². The average molecular weight is 477 g/mol. The van der Waals surface area contributed by atoms with Crippen LogP contribution in [0.5, 0.6) is 5.75 Å². The molecule has 34 heavy (non-hydrogen) atoms. The number of methoxy groups -OCH3 is 3. The van der Waals surface area contributed by atoms with Crippen molar-refractivity contribution < 1.29 is 38.3 Å². The highest BCUT2D eigenvalue weighted by Crippen LogP contribution is 2.66. The van der Waals surface area contributed by atoms with Gasteiger partial charge in [0.1, 0.15) is 42.6 Å². The van der Waals surface area contributed by atoms with E-state index in [1.54, 1.807) is 14.2 Å². The number of aliphatic hydroxyl groups excluding tert-OH is 1. The molecule has 2 fully saturated rings. The summed E-state index contributed by atoms with van der Waals surface area (Å²) in [6.45, 7) is 6.23. The monoisotopic (exact) mass is 476 g/mol. The number of carbonyl (C=O) groups excluding carboxylic acids is 1. The summed E-state index contributed by atoms with van der Waals surface area (Å²) >= 11 is 0. The first-order valence-corrected chi connectivity index (χ1v) is 11.7. The maximum absolute atomic E-state index is 13.4. The van der Waals surface area contributed by atoms with Gasteiger partial charge in [0.05, 0.1) is 19.6 Å². The minimum absolute atomic E-state index is 0.0181. The van der Waals surface area contributed by atoms with Crippen molar-refractivity contribution in [1.82, 2.24) is 0 Å². The molecule has 0 aromatic heterocycles. The van der Waals surface area contributed by atoms with Crippen LogP contribution in [-0.4, -0.2) is 69.2 Å². The molecule has 8 heteroatoms. The Hall–Kier alpha value is -1.97. The fourth-order valence-electron chi connectivity index (χ4n) is 6.06. The van der Waals surface area contributed by atoms with E-state index in [2.05, 4.69) is 13.8 Å². The van der Waals surface area contributed by atoms with Crippen LogP contribution in [0.25, 0.3) is 0 Å². The lowest BCUT2D eigenvalue weighted by Crippen LogP contribution is -2.70. The molecule has 2 bridgehead atoms. The highest BCUT2D eigenvalue weighted by molar-refractivity contribution is 5.78. The standard InChI is InChI=1S/C26H36O8/c1-15-11-19(31-6)22(33-14-29-4)20-18-12-25(2,3)26(18,34-24(20)28)23(21(15)27)32-13-16-7-9-17(30-5)10-8-16/h7-11,18-23,27H,12-14H2,1-6H3/b15-11+/t18-,19-,20+,21+,22+,23-,26-/m0/s1. The molecule has 0 amide bonds. The van der Waals surface area contributed by atoms with E-state index in [-0.39, 0.29) is 25.3 Å². The number of ether oxygens (including phenoxy) is 6. The highest BCUT2D eigenvalue weighted by Gasteiger charge is 2.77. The molecule has 1 aromatic rings. The topological polar surface area (TPSA) is 92.7 Å². The van der Waals surface area contributed by atoms with E-state index in [1.165, 1.54) is 7.11 Å². The Morgan fingerprint density at radius 1 is 1.12 bits per heavy atom. The second kappa shape index (κ2) is 9.59. The van der Waals surface area contributed by atoms with Crippen LogP contribution in [0.1, 0.15) is 32.8 Å². The smallest absolute Gasteiger partial charge is 0.312 e. The molecule has 1 heterocycles. The van der Waals surface area contributed by atoms with Crippen molar-refractivity contribution in [3.63, 3.8) is 0 Å². The molecule has 8 nitrogen and oxygen atoms in total. The predicted octanol–water partition coefficient (Wildman–Crippen LogP) is 2.86. The summed E-state index contributed by atoms with van der Waals surface area (Å²) in [5.74, 6) is -0.347. The Bertz CT molecular complexity index is 910. The number of aliphatic hydroxyl groups is 1. The molecule has 1 aliphatic heterocycles. The van der Waals surface area contributed by atoms with E-state index in [0.29, 0.717) is 5.57 Å². The van der Waals surface area contributed by atoms with Gasteiger partial charge < -0.3 is 33.5 Å². The summed E-state index contributed by atoms with van der Waals surface area (Å²) in [4.78, 5) is 13.4. The summed E-state index contributed by atoms with van der Waals surface area (Å²) in [6, 6.07) is 7.57. The zero-order chi connectivity index (χ0) is 24.7. The van der Waals surface area contributed by atoms with Crippen molar-refractivity contribution >= 4 is 5.97 Å². The van der Waals surface area contributed by atoms with Crippen LogP contribution in [0.3, 0.4) is 0 Å². The predicted molar refractivity (Wildman–Crippen MR) is 123 cm³/mol. The third-order valence-electron chi connectivity index (χ3n) is 7.83. The second-order valence-electron chi connectivity index (χ2n) is 10.1. The van der Waals surface area contributed by atoms with E-state index in [9.17, 15) is 9.90 Å². The molecule has 1 saturated heterocycles. The maximum atomic E-state index is 13.4. The van der Waals surface area contributed by atoms with Crippen molar-refractivity contribution in [2.75, 3.05) is 28.1 Å². The lowest BCUT2D eigenvalue weighted by molar-refractivity contribution is -0.268. The van der Waals surface area contributed by atoms with Gasteiger partial charge in [-0.3, -0.25) is 4.79 Å². The molecule has 7 atom stereocenters.